The summed E-state index contributed by atoms with van der Waals surface area (Å²) in [4.78, 5) is 20.9. The lowest BCUT2D eigenvalue weighted by molar-refractivity contribution is 0.144. The van der Waals surface area contributed by atoms with Crippen molar-refractivity contribution >= 4 is 6.16 Å². The highest BCUT2D eigenvalue weighted by atomic mass is 16.7. The number of hydrogen-bond acceptors (Lipinski definition) is 5. The maximum absolute atomic E-state index is 12.4. The van der Waals surface area contributed by atoms with Crippen LogP contribution in [0.4, 0.5) is 4.79 Å². The van der Waals surface area contributed by atoms with Gasteiger partial charge in [-0.2, -0.15) is 0 Å². The minimum Gasteiger partial charge on any atom is -0.375 e. The van der Waals surface area contributed by atoms with Gasteiger partial charge in [-0.25, -0.2) is 14.8 Å². The SMILES string of the molecule is CC1CCC1c1cccnc1OC(=O)Oc1ncccc1C1CCC1C. The fraction of sp³-hybridized carbons (Fsp3) is 0.476. The summed E-state index contributed by atoms with van der Waals surface area (Å²) in [5.74, 6) is 2.66. The van der Waals surface area contributed by atoms with Crippen LogP contribution in [-0.2, 0) is 0 Å². The molecule has 136 valence electrons. The van der Waals surface area contributed by atoms with Gasteiger partial charge >= 0.3 is 6.16 Å². The van der Waals surface area contributed by atoms with E-state index in [9.17, 15) is 4.79 Å². The number of rotatable bonds is 4. The second-order valence-electron chi connectivity index (χ2n) is 7.57. The predicted molar refractivity (Wildman–Crippen MR) is 97.4 cm³/mol. The summed E-state index contributed by atoms with van der Waals surface area (Å²) in [7, 11) is 0. The Morgan fingerprint density at radius 3 is 1.65 bits per heavy atom. The molecule has 2 aliphatic rings. The summed E-state index contributed by atoms with van der Waals surface area (Å²) in [6, 6.07) is 7.73. The molecule has 4 unspecified atom stereocenters. The van der Waals surface area contributed by atoms with Crippen molar-refractivity contribution < 1.29 is 14.3 Å². The molecule has 0 saturated heterocycles. The summed E-state index contributed by atoms with van der Waals surface area (Å²) in [6.45, 7) is 4.42. The quantitative estimate of drug-likeness (QED) is 0.718. The van der Waals surface area contributed by atoms with Crippen molar-refractivity contribution in [2.24, 2.45) is 11.8 Å². The van der Waals surface area contributed by atoms with E-state index in [1.807, 2.05) is 24.3 Å². The lowest BCUT2D eigenvalue weighted by atomic mass is 9.71. The smallest absolute Gasteiger partial charge is 0.375 e. The van der Waals surface area contributed by atoms with Gasteiger partial charge in [-0.15, -0.1) is 0 Å². The van der Waals surface area contributed by atoms with E-state index in [1.165, 1.54) is 12.8 Å². The lowest BCUT2D eigenvalue weighted by Gasteiger charge is -2.34. The summed E-state index contributed by atoms with van der Waals surface area (Å²) < 4.78 is 10.9. The molecule has 0 aliphatic heterocycles. The van der Waals surface area contributed by atoms with Crippen LogP contribution in [0.2, 0.25) is 0 Å². The van der Waals surface area contributed by atoms with Crippen LogP contribution in [0, 0.1) is 11.8 Å². The van der Waals surface area contributed by atoms with Gasteiger partial charge in [0.05, 0.1) is 0 Å². The van der Waals surface area contributed by atoms with Crippen molar-refractivity contribution in [2.45, 2.75) is 51.4 Å². The van der Waals surface area contributed by atoms with Crippen molar-refractivity contribution in [3.63, 3.8) is 0 Å². The Morgan fingerprint density at radius 2 is 1.31 bits per heavy atom. The third kappa shape index (κ3) is 3.18. The van der Waals surface area contributed by atoms with Gasteiger partial charge in [-0.1, -0.05) is 26.0 Å². The standard InChI is InChI=1S/C21H24N2O3/c1-13-7-9-15(13)17-5-3-11-22-19(17)25-21(24)26-20-18(6-4-12-23-20)16-10-8-14(16)2/h3-6,11-16H,7-10H2,1-2H3. The molecule has 26 heavy (non-hydrogen) atoms. The lowest BCUT2D eigenvalue weighted by Crippen LogP contribution is -2.25. The first-order chi connectivity index (χ1) is 12.6. The zero-order valence-electron chi connectivity index (χ0n) is 15.2. The molecule has 0 spiro atoms. The van der Waals surface area contributed by atoms with Gasteiger partial charge in [-0.3, -0.25) is 0 Å². The van der Waals surface area contributed by atoms with Gasteiger partial charge in [0.1, 0.15) is 0 Å². The molecule has 2 aromatic rings. The molecule has 2 aliphatic carbocycles. The zero-order chi connectivity index (χ0) is 18.1. The van der Waals surface area contributed by atoms with Crippen molar-refractivity contribution in [2.75, 3.05) is 0 Å². The highest BCUT2D eigenvalue weighted by molar-refractivity contribution is 5.67. The van der Waals surface area contributed by atoms with E-state index in [0.29, 0.717) is 35.4 Å². The molecule has 0 amide bonds. The van der Waals surface area contributed by atoms with E-state index in [-0.39, 0.29) is 0 Å². The third-order valence-corrected chi connectivity index (χ3v) is 6.00. The average molecular weight is 352 g/mol. The predicted octanol–water partition coefficient (Wildman–Crippen LogP) is 5.08. The Bertz CT molecular complexity index is 742. The highest BCUT2D eigenvalue weighted by Gasteiger charge is 2.33. The van der Waals surface area contributed by atoms with Crippen LogP contribution < -0.4 is 9.47 Å². The molecule has 5 nitrogen and oxygen atoms in total. The number of carbonyl (C=O) groups is 1. The van der Waals surface area contributed by atoms with Gasteiger partial charge in [0.2, 0.25) is 11.8 Å². The molecule has 4 atom stereocenters. The van der Waals surface area contributed by atoms with E-state index in [2.05, 4.69) is 23.8 Å². The largest absolute Gasteiger partial charge is 0.522 e. The molecule has 2 aromatic heterocycles. The number of nitrogens with zero attached hydrogens (tertiary/aromatic N) is 2. The van der Waals surface area contributed by atoms with Gasteiger partial charge in [0.25, 0.3) is 0 Å². The highest BCUT2D eigenvalue weighted by Crippen LogP contribution is 2.46. The van der Waals surface area contributed by atoms with Crippen LogP contribution in [0.1, 0.15) is 62.5 Å². The fourth-order valence-corrected chi connectivity index (χ4v) is 3.98. The molecule has 2 heterocycles. The average Bonchev–Trinajstić information content (AvgIpc) is 2.62. The first kappa shape index (κ1) is 17.0. The first-order valence-electron chi connectivity index (χ1n) is 9.43. The minimum absolute atomic E-state index is 0.351. The molecule has 0 N–H and O–H groups in total. The monoisotopic (exact) mass is 352 g/mol. The van der Waals surface area contributed by atoms with Crippen molar-refractivity contribution in [1.29, 1.82) is 0 Å². The van der Waals surface area contributed by atoms with E-state index >= 15 is 0 Å². The van der Waals surface area contributed by atoms with Crippen LogP contribution >= 0.6 is 0 Å². The number of pyridine rings is 2. The molecular weight excluding hydrogens is 328 g/mol. The normalized spacial score (nSPS) is 27.2. The molecule has 0 bridgehead atoms. The Labute approximate surface area is 153 Å². The first-order valence-corrected chi connectivity index (χ1v) is 9.43. The molecule has 4 rings (SSSR count). The Morgan fingerprint density at radius 1 is 0.846 bits per heavy atom. The van der Waals surface area contributed by atoms with Crippen LogP contribution in [0.5, 0.6) is 11.8 Å². The van der Waals surface area contributed by atoms with E-state index < -0.39 is 6.16 Å². The zero-order valence-corrected chi connectivity index (χ0v) is 15.2. The number of carbonyl (C=O) groups excluding carboxylic acids is 1. The van der Waals surface area contributed by atoms with Gasteiger partial charge in [0, 0.05) is 23.5 Å². The van der Waals surface area contributed by atoms with E-state index in [1.54, 1.807) is 12.4 Å². The van der Waals surface area contributed by atoms with Gasteiger partial charge in [-0.05, 0) is 61.5 Å². The van der Waals surface area contributed by atoms with Crippen molar-refractivity contribution in [1.82, 2.24) is 9.97 Å². The molecule has 5 heteroatoms. The molecule has 2 saturated carbocycles. The van der Waals surface area contributed by atoms with Crippen molar-refractivity contribution in [3.8, 4) is 11.8 Å². The molecule has 0 radical (unpaired) electrons. The van der Waals surface area contributed by atoms with Crippen LogP contribution in [0.25, 0.3) is 0 Å². The maximum Gasteiger partial charge on any atom is 0.522 e. The number of ether oxygens (including phenoxy) is 2. The van der Waals surface area contributed by atoms with E-state index in [0.717, 1.165) is 24.0 Å². The maximum atomic E-state index is 12.4. The van der Waals surface area contributed by atoms with Crippen molar-refractivity contribution in [3.05, 3.63) is 47.8 Å². The summed E-state index contributed by atoms with van der Waals surface area (Å²) in [5, 5.41) is 0. The number of aromatic nitrogens is 2. The fourth-order valence-electron chi connectivity index (χ4n) is 3.98. The second-order valence-corrected chi connectivity index (χ2v) is 7.57. The Balaban J connectivity index is 1.49. The topological polar surface area (TPSA) is 61.3 Å². The second kappa shape index (κ2) is 7.06. The van der Waals surface area contributed by atoms with Crippen LogP contribution in [0.15, 0.2) is 36.7 Å². The summed E-state index contributed by atoms with van der Waals surface area (Å²) in [6.07, 6.45) is 7.09. The molecule has 0 aromatic carbocycles. The van der Waals surface area contributed by atoms with Gasteiger partial charge < -0.3 is 9.47 Å². The van der Waals surface area contributed by atoms with Crippen LogP contribution in [-0.4, -0.2) is 16.1 Å². The van der Waals surface area contributed by atoms with E-state index in [4.69, 9.17) is 9.47 Å². The molecular formula is C21H24N2O3. The Kier molecular flexibility index (Phi) is 4.62. The summed E-state index contributed by atoms with van der Waals surface area (Å²) >= 11 is 0. The number of hydrogen-bond donors (Lipinski definition) is 0. The Hall–Kier alpha value is -2.43. The van der Waals surface area contributed by atoms with Gasteiger partial charge in [0.15, 0.2) is 0 Å². The summed E-state index contributed by atoms with van der Waals surface area (Å²) in [5.41, 5.74) is 1.97. The molecule has 2 fully saturated rings. The van der Waals surface area contributed by atoms with Crippen LogP contribution in [0.3, 0.4) is 0 Å². The third-order valence-electron chi connectivity index (χ3n) is 6.00. The minimum atomic E-state index is -0.774.